The highest BCUT2D eigenvalue weighted by atomic mass is 79.9. The summed E-state index contributed by atoms with van der Waals surface area (Å²) in [5.74, 6) is 0.887. The van der Waals surface area contributed by atoms with Gasteiger partial charge in [-0.15, -0.1) is 0 Å². The van der Waals surface area contributed by atoms with Crippen LogP contribution in [0, 0.1) is 0 Å². The van der Waals surface area contributed by atoms with Crippen molar-refractivity contribution in [3.05, 3.63) is 34.3 Å². The zero-order valence-electron chi connectivity index (χ0n) is 8.13. The SMILES string of the molecule is COc1ccc(Br)cc1/C=C/C(C)Br. The molecule has 0 amide bonds. The number of rotatable bonds is 3. The molecule has 0 fully saturated rings. The quantitative estimate of drug-likeness (QED) is 0.757. The van der Waals surface area contributed by atoms with Crippen LogP contribution in [0.2, 0.25) is 0 Å². The van der Waals surface area contributed by atoms with Crippen molar-refractivity contribution < 1.29 is 4.74 Å². The fraction of sp³-hybridized carbons (Fsp3) is 0.273. The van der Waals surface area contributed by atoms with Crippen LogP contribution in [0.1, 0.15) is 12.5 Å². The van der Waals surface area contributed by atoms with Gasteiger partial charge in [0.1, 0.15) is 5.75 Å². The van der Waals surface area contributed by atoms with Crippen molar-refractivity contribution in [3.63, 3.8) is 0 Å². The maximum atomic E-state index is 5.25. The molecule has 1 nitrogen and oxygen atoms in total. The van der Waals surface area contributed by atoms with Crippen LogP contribution >= 0.6 is 31.9 Å². The third-order valence-corrected chi connectivity index (χ3v) is 2.53. The first-order valence-corrected chi connectivity index (χ1v) is 6.00. The Morgan fingerprint density at radius 3 is 2.71 bits per heavy atom. The molecule has 0 spiro atoms. The second kappa shape index (κ2) is 5.56. The van der Waals surface area contributed by atoms with Crippen molar-refractivity contribution >= 4 is 37.9 Å². The third kappa shape index (κ3) is 3.46. The molecule has 1 atom stereocenters. The molecule has 14 heavy (non-hydrogen) atoms. The third-order valence-electron chi connectivity index (χ3n) is 1.73. The minimum atomic E-state index is 0.367. The number of benzene rings is 1. The van der Waals surface area contributed by atoms with Gasteiger partial charge in [0.2, 0.25) is 0 Å². The van der Waals surface area contributed by atoms with E-state index in [1.54, 1.807) is 7.11 Å². The van der Waals surface area contributed by atoms with Crippen LogP contribution < -0.4 is 4.74 Å². The average Bonchev–Trinajstić information content (AvgIpc) is 2.15. The van der Waals surface area contributed by atoms with Gasteiger partial charge in [-0.1, -0.05) is 44.0 Å². The molecule has 3 heteroatoms. The summed E-state index contributed by atoms with van der Waals surface area (Å²) in [6.45, 7) is 2.07. The minimum Gasteiger partial charge on any atom is -0.496 e. The zero-order chi connectivity index (χ0) is 10.6. The van der Waals surface area contributed by atoms with Gasteiger partial charge in [-0.25, -0.2) is 0 Å². The molecule has 0 aliphatic heterocycles. The maximum absolute atomic E-state index is 5.25. The maximum Gasteiger partial charge on any atom is 0.126 e. The van der Waals surface area contributed by atoms with Crippen molar-refractivity contribution in [3.8, 4) is 5.75 Å². The summed E-state index contributed by atoms with van der Waals surface area (Å²) >= 11 is 6.89. The summed E-state index contributed by atoms with van der Waals surface area (Å²) in [5, 5.41) is 0. The minimum absolute atomic E-state index is 0.367. The molecular formula is C11H12Br2O. The summed E-state index contributed by atoms with van der Waals surface area (Å²) in [5.41, 5.74) is 1.08. The van der Waals surface area contributed by atoms with Gasteiger partial charge in [0.25, 0.3) is 0 Å². The van der Waals surface area contributed by atoms with Crippen LogP contribution in [0.5, 0.6) is 5.75 Å². The first-order valence-electron chi connectivity index (χ1n) is 4.29. The molecule has 0 N–H and O–H groups in total. The molecule has 0 aliphatic rings. The van der Waals surface area contributed by atoms with Crippen LogP contribution in [-0.4, -0.2) is 11.9 Å². The number of allylic oxidation sites excluding steroid dienone is 1. The van der Waals surface area contributed by atoms with Gasteiger partial charge in [0.15, 0.2) is 0 Å². The Morgan fingerprint density at radius 1 is 1.43 bits per heavy atom. The summed E-state index contributed by atoms with van der Waals surface area (Å²) in [6, 6.07) is 5.95. The lowest BCUT2D eigenvalue weighted by atomic mass is 10.2. The van der Waals surface area contributed by atoms with Crippen LogP contribution in [0.4, 0.5) is 0 Å². The summed E-state index contributed by atoms with van der Waals surface area (Å²) in [6.07, 6.45) is 4.12. The van der Waals surface area contributed by atoms with E-state index >= 15 is 0 Å². The molecule has 0 aromatic heterocycles. The fourth-order valence-electron chi connectivity index (χ4n) is 1.07. The smallest absolute Gasteiger partial charge is 0.126 e. The topological polar surface area (TPSA) is 9.23 Å². The van der Waals surface area contributed by atoms with Crippen molar-refractivity contribution in [2.45, 2.75) is 11.8 Å². The first kappa shape index (κ1) is 11.8. The predicted octanol–water partition coefficient (Wildman–Crippen LogP) is 4.25. The largest absolute Gasteiger partial charge is 0.496 e. The van der Waals surface area contributed by atoms with Crippen molar-refractivity contribution in [1.29, 1.82) is 0 Å². The van der Waals surface area contributed by atoms with Crippen LogP contribution in [-0.2, 0) is 0 Å². The lowest BCUT2D eigenvalue weighted by Gasteiger charge is -2.05. The second-order valence-corrected chi connectivity index (χ2v) is 5.28. The molecule has 0 aliphatic carbocycles. The molecule has 0 radical (unpaired) electrons. The number of ether oxygens (including phenoxy) is 1. The Balaban J connectivity index is 2.99. The van der Waals surface area contributed by atoms with Crippen LogP contribution in [0.3, 0.4) is 0 Å². The van der Waals surface area contributed by atoms with Crippen molar-refractivity contribution in [1.82, 2.24) is 0 Å². The lowest BCUT2D eigenvalue weighted by molar-refractivity contribution is 0.414. The Kier molecular flexibility index (Phi) is 4.69. The Hall–Kier alpha value is -0.280. The molecule has 1 unspecified atom stereocenters. The Bertz CT molecular complexity index is 332. The van der Waals surface area contributed by atoms with E-state index < -0.39 is 0 Å². The van der Waals surface area contributed by atoms with E-state index in [0.717, 1.165) is 15.8 Å². The predicted molar refractivity (Wildman–Crippen MR) is 68.1 cm³/mol. The summed E-state index contributed by atoms with van der Waals surface area (Å²) < 4.78 is 6.30. The second-order valence-electron chi connectivity index (χ2n) is 2.92. The van der Waals surface area contributed by atoms with Gasteiger partial charge < -0.3 is 4.74 Å². The number of alkyl halides is 1. The lowest BCUT2D eigenvalue weighted by Crippen LogP contribution is -1.87. The molecule has 1 rings (SSSR count). The van der Waals surface area contributed by atoms with Gasteiger partial charge in [0, 0.05) is 14.9 Å². The average molecular weight is 320 g/mol. The molecule has 1 aromatic carbocycles. The van der Waals surface area contributed by atoms with Crippen LogP contribution in [0.25, 0.3) is 6.08 Å². The number of hydrogen-bond donors (Lipinski definition) is 0. The van der Waals surface area contributed by atoms with E-state index in [9.17, 15) is 0 Å². The van der Waals surface area contributed by atoms with Crippen molar-refractivity contribution in [2.75, 3.05) is 7.11 Å². The van der Waals surface area contributed by atoms with Gasteiger partial charge >= 0.3 is 0 Å². The summed E-state index contributed by atoms with van der Waals surface area (Å²) in [4.78, 5) is 0.367. The Morgan fingerprint density at radius 2 is 2.14 bits per heavy atom. The molecule has 0 saturated carbocycles. The molecular weight excluding hydrogens is 308 g/mol. The molecule has 76 valence electrons. The van der Waals surface area contributed by atoms with E-state index in [2.05, 4.69) is 44.9 Å². The van der Waals surface area contributed by atoms with Gasteiger partial charge in [-0.3, -0.25) is 0 Å². The number of hydrogen-bond acceptors (Lipinski definition) is 1. The Labute approximate surface area is 101 Å². The van der Waals surface area contributed by atoms with Gasteiger partial charge in [0.05, 0.1) is 7.11 Å². The van der Waals surface area contributed by atoms with E-state index in [1.807, 2.05) is 24.3 Å². The van der Waals surface area contributed by atoms with E-state index in [-0.39, 0.29) is 0 Å². The van der Waals surface area contributed by atoms with E-state index in [1.165, 1.54) is 0 Å². The first-order chi connectivity index (χ1) is 6.63. The molecule has 0 bridgehead atoms. The monoisotopic (exact) mass is 318 g/mol. The van der Waals surface area contributed by atoms with Crippen LogP contribution in [0.15, 0.2) is 28.7 Å². The fourth-order valence-corrected chi connectivity index (χ4v) is 1.60. The highest BCUT2D eigenvalue weighted by Gasteiger charge is 1.99. The highest BCUT2D eigenvalue weighted by molar-refractivity contribution is 9.10. The van der Waals surface area contributed by atoms with E-state index in [4.69, 9.17) is 4.74 Å². The summed E-state index contributed by atoms with van der Waals surface area (Å²) in [7, 11) is 1.68. The number of halogens is 2. The highest BCUT2D eigenvalue weighted by Crippen LogP contribution is 2.24. The van der Waals surface area contributed by atoms with E-state index in [0.29, 0.717) is 4.83 Å². The van der Waals surface area contributed by atoms with Gasteiger partial charge in [-0.2, -0.15) is 0 Å². The van der Waals surface area contributed by atoms with Gasteiger partial charge in [-0.05, 0) is 25.1 Å². The molecule has 0 saturated heterocycles. The normalized spacial score (nSPS) is 13.1. The number of methoxy groups -OCH3 is 1. The molecule has 1 aromatic rings. The molecule has 0 heterocycles. The standard InChI is InChI=1S/C11H12Br2O/c1-8(12)3-4-9-7-10(13)5-6-11(9)14-2/h3-8H,1-2H3/b4-3+. The van der Waals surface area contributed by atoms with Crippen molar-refractivity contribution in [2.24, 2.45) is 0 Å². The zero-order valence-corrected chi connectivity index (χ0v) is 11.3.